The molecule has 2 bridgehead atoms. The van der Waals surface area contributed by atoms with Gasteiger partial charge in [0.2, 0.25) is 0 Å². The molecule has 1 N–H and O–H groups in total. The number of unbranched alkanes of at least 4 members (excludes halogenated alkanes) is 1. The number of fused-ring (bicyclic) bond motifs is 2. The predicted octanol–water partition coefficient (Wildman–Crippen LogP) is 5.32. The summed E-state index contributed by atoms with van der Waals surface area (Å²) in [5, 5.41) is 4.91. The van der Waals surface area contributed by atoms with E-state index in [9.17, 15) is 0 Å². The Kier molecular flexibility index (Phi) is 5.54. The first-order valence-corrected chi connectivity index (χ1v) is 9.27. The molecule has 0 aliphatic carbocycles. The maximum absolute atomic E-state index is 6.07. The summed E-state index contributed by atoms with van der Waals surface area (Å²) in [5.41, 5.74) is 0. The van der Waals surface area contributed by atoms with E-state index in [0.29, 0.717) is 22.0 Å². The molecule has 2 saturated heterocycles. The molecular weight excluding hydrogens is 317 g/mol. The summed E-state index contributed by atoms with van der Waals surface area (Å²) in [6.07, 6.45) is 7.87. The van der Waals surface area contributed by atoms with E-state index in [1.54, 1.807) is 6.07 Å². The lowest BCUT2D eigenvalue weighted by atomic mass is 9.79. The Hall–Kier alpha value is -0.440. The number of benzene rings is 1. The molecule has 2 aliphatic heterocycles. The minimum atomic E-state index is 0.560. The second kappa shape index (κ2) is 7.42. The van der Waals surface area contributed by atoms with Gasteiger partial charge in [-0.2, -0.15) is 0 Å². The Morgan fingerprint density at radius 2 is 2.09 bits per heavy atom. The summed E-state index contributed by atoms with van der Waals surface area (Å²) in [7, 11) is 0. The van der Waals surface area contributed by atoms with E-state index in [2.05, 4.69) is 12.2 Å². The largest absolute Gasteiger partial charge is 0.493 e. The molecule has 2 aliphatic rings. The normalized spacial score (nSPS) is 30.5. The highest BCUT2D eigenvalue weighted by Crippen LogP contribution is 2.39. The van der Waals surface area contributed by atoms with Crippen LogP contribution in [0.15, 0.2) is 18.2 Å². The molecule has 0 amide bonds. The molecule has 0 spiro atoms. The van der Waals surface area contributed by atoms with Gasteiger partial charge in [-0.3, -0.25) is 0 Å². The van der Waals surface area contributed by atoms with Gasteiger partial charge in [-0.25, -0.2) is 0 Å². The van der Waals surface area contributed by atoms with Crippen LogP contribution >= 0.6 is 23.2 Å². The highest BCUT2D eigenvalue weighted by Gasteiger charge is 2.41. The van der Waals surface area contributed by atoms with E-state index >= 15 is 0 Å². The fourth-order valence-corrected chi connectivity index (χ4v) is 4.34. The minimum Gasteiger partial charge on any atom is -0.493 e. The topological polar surface area (TPSA) is 21.3 Å². The molecule has 0 saturated carbocycles. The second-order valence-electron chi connectivity index (χ2n) is 6.74. The first kappa shape index (κ1) is 16.4. The molecule has 0 aromatic heterocycles. The van der Waals surface area contributed by atoms with Gasteiger partial charge in [-0.15, -0.1) is 0 Å². The van der Waals surface area contributed by atoms with Crippen LogP contribution in [-0.2, 0) is 0 Å². The highest BCUT2D eigenvalue weighted by atomic mass is 35.5. The molecule has 4 atom stereocenters. The quantitative estimate of drug-likeness (QED) is 0.755. The molecule has 1 aromatic carbocycles. The number of halogens is 2. The van der Waals surface area contributed by atoms with E-state index < -0.39 is 0 Å². The Labute approximate surface area is 143 Å². The van der Waals surface area contributed by atoms with Crippen LogP contribution in [0.4, 0.5) is 0 Å². The van der Waals surface area contributed by atoms with Crippen LogP contribution in [0.5, 0.6) is 5.75 Å². The van der Waals surface area contributed by atoms with E-state index in [0.717, 1.165) is 24.3 Å². The minimum absolute atomic E-state index is 0.560. The summed E-state index contributed by atoms with van der Waals surface area (Å²) >= 11 is 12.0. The highest BCUT2D eigenvalue weighted by molar-refractivity contribution is 6.42. The lowest BCUT2D eigenvalue weighted by Gasteiger charge is -2.37. The molecule has 0 radical (unpaired) electrons. The van der Waals surface area contributed by atoms with Gasteiger partial charge in [0.25, 0.3) is 0 Å². The number of hydrogen-bond acceptors (Lipinski definition) is 2. The monoisotopic (exact) mass is 341 g/mol. The zero-order valence-electron chi connectivity index (χ0n) is 13.2. The Bertz CT molecular complexity index is 508. The van der Waals surface area contributed by atoms with Crippen molar-refractivity contribution in [3.05, 3.63) is 28.2 Å². The van der Waals surface area contributed by atoms with Crippen LogP contribution in [0.25, 0.3) is 0 Å². The van der Waals surface area contributed by atoms with Crippen molar-refractivity contribution >= 4 is 23.2 Å². The van der Waals surface area contributed by atoms with E-state index in [1.807, 2.05) is 12.1 Å². The van der Waals surface area contributed by atoms with Crippen molar-refractivity contribution in [1.29, 1.82) is 0 Å². The third-order valence-corrected chi connectivity index (χ3v) is 5.99. The maximum Gasteiger partial charge on any atom is 0.120 e. The predicted molar refractivity (Wildman–Crippen MR) is 93.0 cm³/mol. The molecule has 2 nitrogen and oxygen atoms in total. The van der Waals surface area contributed by atoms with Crippen LogP contribution < -0.4 is 10.1 Å². The van der Waals surface area contributed by atoms with Gasteiger partial charge in [-0.05, 0) is 43.7 Å². The molecule has 2 fully saturated rings. The Morgan fingerprint density at radius 3 is 2.86 bits per heavy atom. The zero-order chi connectivity index (χ0) is 15.5. The average molecular weight is 342 g/mol. The van der Waals surface area contributed by atoms with Gasteiger partial charge in [-0.1, -0.05) is 43.0 Å². The third kappa shape index (κ3) is 3.72. The van der Waals surface area contributed by atoms with Crippen molar-refractivity contribution in [2.75, 3.05) is 6.61 Å². The summed E-state index contributed by atoms with van der Waals surface area (Å²) in [6, 6.07) is 6.90. The van der Waals surface area contributed by atoms with Gasteiger partial charge in [0, 0.05) is 24.1 Å². The molecule has 122 valence electrons. The van der Waals surface area contributed by atoms with Crippen molar-refractivity contribution in [1.82, 2.24) is 5.32 Å². The van der Waals surface area contributed by atoms with Crippen LogP contribution in [0.3, 0.4) is 0 Å². The molecule has 4 unspecified atom stereocenters. The fraction of sp³-hybridized carbons (Fsp3) is 0.667. The lowest BCUT2D eigenvalue weighted by molar-refractivity contribution is 0.115. The van der Waals surface area contributed by atoms with Crippen molar-refractivity contribution in [3.63, 3.8) is 0 Å². The summed E-state index contributed by atoms with van der Waals surface area (Å²) in [6.45, 7) is 3.05. The average Bonchev–Trinajstić information content (AvgIpc) is 2.90. The van der Waals surface area contributed by atoms with Gasteiger partial charge < -0.3 is 10.1 Å². The van der Waals surface area contributed by atoms with Crippen molar-refractivity contribution < 1.29 is 4.74 Å². The zero-order valence-corrected chi connectivity index (χ0v) is 14.7. The van der Waals surface area contributed by atoms with Crippen LogP contribution in [0, 0.1) is 11.8 Å². The van der Waals surface area contributed by atoms with Crippen molar-refractivity contribution in [3.8, 4) is 5.75 Å². The third-order valence-electron chi connectivity index (χ3n) is 5.25. The SMILES string of the molecule is CCCCC1CC2CCC(N2)C1COc1ccc(Cl)c(Cl)c1. The number of ether oxygens (including phenoxy) is 1. The Morgan fingerprint density at radius 1 is 1.23 bits per heavy atom. The molecule has 22 heavy (non-hydrogen) atoms. The van der Waals surface area contributed by atoms with E-state index in [1.165, 1.54) is 38.5 Å². The number of piperidine rings is 1. The van der Waals surface area contributed by atoms with Gasteiger partial charge >= 0.3 is 0 Å². The molecule has 1 aromatic rings. The van der Waals surface area contributed by atoms with Gasteiger partial charge in [0.1, 0.15) is 5.75 Å². The second-order valence-corrected chi connectivity index (χ2v) is 7.55. The molecule has 4 heteroatoms. The van der Waals surface area contributed by atoms with Crippen LogP contribution in [0.1, 0.15) is 45.4 Å². The molecular formula is C18H25Cl2NO. The lowest BCUT2D eigenvalue weighted by Crippen LogP contribution is -2.47. The Balaban J connectivity index is 1.63. The van der Waals surface area contributed by atoms with E-state index in [-0.39, 0.29) is 0 Å². The molecule has 2 heterocycles. The summed E-state index contributed by atoms with van der Waals surface area (Å²) < 4.78 is 6.06. The number of nitrogens with one attached hydrogen (secondary N) is 1. The van der Waals surface area contributed by atoms with Gasteiger partial charge in [0.15, 0.2) is 0 Å². The molecule has 3 rings (SSSR count). The summed E-state index contributed by atoms with van der Waals surface area (Å²) in [4.78, 5) is 0. The first-order chi connectivity index (χ1) is 10.7. The maximum atomic E-state index is 6.07. The van der Waals surface area contributed by atoms with Crippen LogP contribution in [-0.4, -0.2) is 18.7 Å². The van der Waals surface area contributed by atoms with E-state index in [4.69, 9.17) is 27.9 Å². The number of rotatable bonds is 6. The van der Waals surface area contributed by atoms with Crippen molar-refractivity contribution in [2.45, 2.75) is 57.5 Å². The standard InChI is InChI=1S/C18H25Cl2NO/c1-2-3-4-12-9-13-5-8-18(21-13)15(12)11-22-14-6-7-16(19)17(20)10-14/h6-7,10,12-13,15,18,21H,2-5,8-9,11H2,1H3. The smallest absolute Gasteiger partial charge is 0.120 e. The first-order valence-electron chi connectivity index (χ1n) is 8.51. The summed E-state index contributed by atoms with van der Waals surface area (Å²) in [5.74, 6) is 2.23. The number of hydrogen-bond donors (Lipinski definition) is 1. The van der Waals surface area contributed by atoms with Crippen LogP contribution in [0.2, 0.25) is 10.0 Å². The fourth-order valence-electron chi connectivity index (χ4n) is 4.05. The van der Waals surface area contributed by atoms with Crippen molar-refractivity contribution in [2.24, 2.45) is 11.8 Å². The van der Waals surface area contributed by atoms with Gasteiger partial charge in [0.05, 0.1) is 16.7 Å².